The third-order valence-electron chi connectivity index (χ3n) is 2.52. The van der Waals surface area contributed by atoms with Crippen molar-refractivity contribution in [1.82, 2.24) is 19.7 Å². The molecule has 98 valence electrons. The lowest BCUT2D eigenvalue weighted by Gasteiger charge is -2.39. The van der Waals surface area contributed by atoms with E-state index >= 15 is 0 Å². The van der Waals surface area contributed by atoms with Crippen molar-refractivity contribution >= 4 is 12.4 Å². The highest BCUT2D eigenvalue weighted by molar-refractivity contribution is 5.69. The largest absolute Gasteiger partial charge is 0.444 e. The Bertz CT molecular complexity index is 457. The van der Waals surface area contributed by atoms with Crippen molar-refractivity contribution in [3.63, 3.8) is 0 Å². The molecule has 0 aromatic carbocycles. The third-order valence-corrected chi connectivity index (χ3v) is 2.52. The number of hydrogen-bond acceptors (Lipinski definition) is 5. The topological polar surface area (TPSA) is 77.3 Å². The number of carbonyl (C=O) groups excluding carboxylic acids is 2. The summed E-state index contributed by atoms with van der Waals surface area (Å²) < 4.78 is 6.84. The number of likely N-dealkylation sites (tertiary alicyclic amines) is 1. The summed E-state index contributed by atoms with van der Waals surface area (Å²) >= 11 is 0. The minimum atomic E-state index is -0.486. The zero-order chi connectivity index (χ0) is 13.3. The molecule has 1 aliphatic heterocycles. The van der Waals surface area contributed by atoms with Crippen molar-refractivity contribution in [2.75, 3.05) is 13.1 Å². The van der Waals surface area contributed by atoms with Crippen LogP contribution in [0.1, 0.15) is 37.4 Å². The molecule has 7 nitrogen and oxygen atoms in total. The summed E-state index contributed by atoms with van der Waals surface area (Å²) in [5.74, 6) is 0.158. The molecule has 2 heterocycles. The van der Waals surface area contributed by atoms with Gasteiger partial charge < -0.3 is 9.64 Å². The van der Waals surface area contributed by atoms with E-state index in [0.717, 1.165) is 0 Å². The van der Waals surface area contributed by atoms with E-state index in [1.165, 1.54) is 6.33 Å². The Hall–Kier alpha value is -1.92. The van der Waals surface area contributed by atoms with Crippen LogP contribution in [0.2, 0.25) is 0 Å². The molecule has 0 N–H and O–H groups in total. The number of amides is 1. The fourth-order valence-electron chi connectivity index (χ4n) is 1.62. The highest BCUT2D eigenvalue weighted by Gasteiger charge is 2.35. The molecule has 0 radical (unpaired) electrons. The first-order chi connectivity index (χ1) is 8.39. The van der Waals surface area contributed by atoms with Gasteiger partial charge in [0.25, 0.3) is 0 Å². The van der Waals surface area contributed by atoms with Crippen LogP contribution in [-0.4, -0.2) is 50.7 Å². The second kappa shape index (κ2) is 4.40. The van der Waals surface area contributed by atoms with Crippen molar-refractivity contribution in [1.29, 1.82) is 0 Å². The van der Waals surface area contributed by atoms with Gasteiger partial charge in [-0.05, 0) is 20.8 Å². The molecule has 0 spiro atoms. The number of ether oxygens (including phenoxy) is 1. The van der Waals surface area contributed by atoms with E-state index in [-0.39, 0.29) is 18.0 Å². The molecule has 0 unspecified atom stereocenters. The standard InChI is InChI=1S/C11H16N4O3/c1-11(2,3)18-10(17)14-4-8(5-14)15-7-12-9(6-16)13-15/h6-8H,4-5H2,1-3H3. The monoisotopic (exact) mass is 252 g/mol. The summed E-state index contributed by atoms with van der Waals surface area (Å²) in [6, 6.07) is 0.0683. The summed E-state index contributed by atoms with van der Waals surface area (Å²) in [5, 5.41) is 3.98. The van der Waals surface area contributed by atoms with E-state index in [1.807, 2.05) is 20.8 Å². The summed E-state index contributed by atoms with van der Waals surface area (Å²) in [6.45, 7) is 6.54. The van der Waals surface area contributed by atoms with E-state index in [9.17, 15) is 9.59 Å². The smallest absolute Gasteiger partial charge is 0.410 e. The maximum atomic E-state index is 11.7. The zero-order valence-electron chi connectivity index (χ0n) is 10.7. The summed E-state index contributed by atoms with van der Waals surface area (Å²) in [4.78, 5) is 27.5. The van der Waals surface area contributed by atoms with E-state index in [0.29, 0.717) is 19.4 Å². The number of carbonyl (C=O) groups is 2. The third kappa shape index (κ3) is 2.66. The molecular formula is C11H16N4O3. The van der Waals surface area contributed by atoms with Crippen molar-refractivity contribution in [3.8, 4) is 0 Å². The molecule has 0 saturated carbocycles. The van der Waals surface area contributed by atoms with Gasteiger partial charge in [0, 0.05) is 13.1 Å². The molecule has 1 amide bonds. The normalized spacial score (nSPS) is 16.3. The quantitative estimate of drug-likeness (QED) is 0.730. The summed E-state index contributed by atoms with van der Waals surface area (Å²) in [7, 11) is 0. The summed E-state index contributed by atoms with van der Waals surface area (Å²) in [6.07, 6.45) is 1.77. The van der Waals surface area contributed by atoms with Crippen LogP contribution < -0.4 is 0 Å². The number of rotatable bonds is 2. The molecule has 1 aromatic rings. The lowest BCUT2D eigenvalue weighted by molar-refractivity contribution is -0.000476. The molecule has 1 aromatic heterocycles. The predicted molar refractivity (Wildman–Crippen MR) is 62.3 cm³/mol. The van der Waals surface area contributed by atoms with Crippen LogP contribution in [0.4, 0.5) is 4.79 Å². The predicted octanol–water partition coefficient (Wildman–Crippen LogP) is 0.882. The Morgan fingerprint density at radius 2 is 2.17 bits per heavy atom. The molecule has 18 heavy (non-hydrogen) atoms. The molecule has 0 bridgehead atoms. The first-order valence-electron chi connectivity index (χ1n) is 5.73. The molecule has 0 atom stereocenters. The van der Waals surface area contributed by atoms with Gasteiger partial charge in [-0.3, -0.25) is 4.79 Å². The Balaban J connectivity index is 1.87. The Kier molecular flexibility index (Phi) is 3.06. The van der Waals surface area contributed by atoms with Crippen LogP contribution in [-0.2, 0) is 4.74 Å². The fourth-order valence-corrected chi connectivity index (χ4v) is 1.62. The van der Waals surface area contributed by atoms with Crippen LogP contribution in [0.3, 0.4) is 0 Å². The molecule has 0 aliphatic carbocycles. The van der Waals surface area contributed by atoms with Gasteiger partial charge in [0.1, 0.15) is 11.9 Å². The second-order valence-corrected chi connectivity index (χ2v) is 5.24. The number of aldehydes is 1. The van der Waals surface area contributed by atoms with Crippen molar-refractivity contribution in [2.45, 2.75) is 32.4 Å². The molecule has 1 aliphatic rings. The summed E-state index contributed by atoms with van der Waals surface area (Å²) in [5.41, 5.74) is -0.486. The Labute approximate surface area is 105 Å². The lowest BCUT2D eigenvalue weighted by atomic mass is 10.1. The van der Waals surface area contributed by atoms with Gasteiger partial charge in [-0.2, -0.15) is 0 Å². The van der Waals surface area contributed by atoms with Gasteiger partial charge in [-0.25, -0.2) is 14.5 Å². The number of aromatic nitrogens is 3. The van der Waals surface area contributed by atoms with Crippen LogP contribution in [0.25, 0.3) is 0 Å². The van der Waals surface area contributed by atoms with Crippen LogP contribution in [0.15, 0.2) is 6.33 Å². The van der Waals surface area contributed by atoms with Gasteiger partial charge in [0.2, 0.25) is 5.82 Å². The average Bonchev–Trinajstić information content (AvgIpc) is 2.60. The Morgan fingerprint density at radius 3 is 2.67 bits per heavy atom. The molecule has 1 saturated heterocycles. The number of hydrogen-bond donors (Lipinski definition) is 0. The second-order valence-electron chi connectivity index (χ2n) is 5.24. The Morgan fingerprint density at radius 1 is 1.50 bits per heavy atom. The van der Waals surface area contributed by atoms with Gasteiger partial charge in [-0.1, -0.05) is 0 Å². The van der Waals surface area contributed by atoms with Crippen molar-refractivity contribution < 1.29 is 14.3 Å². The van der Waals surface area contributed by atoms with E-state index < -0.39 is 5.60 Å². The lowest BCUT2D eigenvalue weighted by Crippen LogP contribution is -2.52. The SMILES string of the molecule is CC(C)(C)OC(=O)N1CC(n2cnc(C=O)n2)C1. The molecule has 1 fully saturated rings. The van der Waals surface area contributed by atoms with Gasteiger partial charge in [0.05, 0.1) is 6.04 Å². The van der Waals surface area contributed by atoms with Crippen molar-refractivity contribution in [3.05, 3.63) is 12.2 Å². The highest BCUT2D eigenvalue weighted by Crippen LogP contribution is 2.22. The maximum absolute atomic E-state index is 11.7. The van der Waals surface area contributed by atoms with Crippen LogP contribution >= 0.6 is 0 Å². The molecule has 2 rings (SSSR count). The van der Waals surface area contributed by atoms with Crippen LogP contribution in [0, 0.1) is 0 Å². The first kappa shape index (κ1) is 12.5. The first-order valence-corrected chi connectivity index (χ1v) is 5.73. The van der Waals surface area contributed by atoms with E-state index in [2.05, 4.69) is 10.1 Å². The van der Waals surface area contributed by atoms with Gasteiger partial charge >= 0.3 is 6.09 Å². The van der Waals surface area contributed by atoms with E-state index in [1.54, 1.807) is 9.58 Å². The average molecular weight is 252 g/mol. The van der Waals surface area contributed by atoms with Gasteiger partial charge in [0.15, 0.2) is 6.29 Å². The van der Waals surface area contributed by atoms with Gasteiger partial charge in [-0.15, -0.1) is 5.10 Å². The van der Waals surface area contributed by atoms with Crippen LogP contribution in [0.5, 0.6) is 0 Å². The number of nitrogens with zero attached hydrogens (tertiary/aromatic N) is 4. The molecular weight excluding hydrogens is 236 g/mol. The maximum Gasteiger partial charge on any atom is 0.410 e. The fraction of sp³-hybridized carbons (Fsp3) is 0.636. The zero-order valence-corrected chi connectivity index (χ0v) is 10.7. The minimum Gasteiger partial charge on any atom is -0.444 e. The highest BCUT2D eigenvalue weighted by atomic mass is 16.6. The van der Waals surface area contributed by atoms with E-state index in [4.69, 9.17) is 4.74 Å². The van der Waals surface area contributed by atoms with Crippen molar-refractivity contribution in [2.24, 2.45) is 0 Å². The minimum absolute atomic E-state index is 0.0683. The molecule has 7 heteroatoms.